The summed E-state index contributed by atoms with van der Waals surface area (Å²) < 4.78 is 0. The number of hydrogen-bond acceptors (Lipinski definition) is 1. The summed E-state index contributed by atoms with van der Waals surface area (Å²) in [6.07, 6.45) is 2.57. The Balaban J connectivity index is 2.29. The van der Waals surface area contributed by atoms with Gasteiger partial charge in [0.05, 0.1) is 5.38 Å². The first-order valence-electron chi connectivity index (χ1n) is 4.74. The molecule has 1 fully saturated rings. The molecule has 1 unspecified atom stereocenters. The molecule has 1 heterocycles. The van der Waals surface area contributed by atoms with Crippen LogP contribution in [-0.4, -0.2) is 0 Å². The van der Waals surface area contributed by atoms with Crippen molar-refractivity contribution in [2.24, 2.45) is 5.41 Å². The maximum absolute atomic E-state index is 6.47. The van der Waals surface area contributed by atoms with Crippen LogP contribution in [0.3, 0.4) is 0 Å². The van der Waals surface area contributed by atoms with E-state index >= 15 is 0 Å². The van der Waals surface area contributed by atoms with Crippen LogP contribution < -0.4 is 0 Å². The lowest BCUT2D eigenvalue weighted by Gasteiger charge is -2.16. The third-order valence-electron chi connectivity index (χ3n) is 3.00. The summed E-state index contributed by atoms with van der Waals surface area (Å²) in [7, 11) is 0. The van der Waals surface area contributed by atoms with Gasteiger partial charge in [0.15, 0.2) is 0 Å². The lowest BCUT2D eigenvalue weighted by molar-refractivity contribution is 0.548. The second kappa shape index (κ2) is 2.99. The van der Waals surface area contributed by atoms with Gasteiger partial charge >= 0.3 is 0 Å². The van der Waals surface area contributed by atoms with Crippen molar-refractivity contribution < 1.29 is 0 Å². The molecule has 0 aromatic carbocycles. The molecule has 0 N–H and O–H groups in total. The van der Waals surface area contributed by atoms with E-state index in [2.05, 4.69) is 26.8 Å². The highest BCUT2D eigenvalue weighted by molar-refractivity contribution is 7.12. The van der Waals surface area contributed by atoms with E-state index in [0.29, 0.717) is 5.41 Å². The van der Waals surface area contributed by atoms with Gasteiger partial charge in [0.2, 0.25) is 0 Å². The molecular weight excluding hydrogens is 200 g/mol. The molecule has 0 nitrogen and oxygen atoms in total. The Bertz CT molecular complexity index is 323. The van der Waals surface area contributed by atoms with E-state index in [0.717, 1.165) is 0 Å². The number of halogens is 1. The monoisotopic (exact) mass is 214 g/mol. The summed E-state index contributed by atoms with van der Waals surface area (Å²) in [5, 5.41) is 0.234. The molecule has 1 atom stereocenters. The zero-order valence-electron chi connectivity index (χ0n) is 8.36. The van der Waals surface area contributed by atoms with E-state index < -0.39 is 0 Å². The predicted molar refractivity (Wildman–Crippen MR) is 59.7 cm³/mol. The molecule has 0 saturated heterocycles. The third-order valence-corrected chi connectivity index (χ3v) is 4.75. The Morgan fingerprint density at radius 2 is 2.08 bits per heavy atom. The van der Waals surface area contributed by atoms with E-state index in [1.165, 1.54) is 28.2 Å². The normalized spacial score (nSPS) is 21.5. The molecule has 0 amide bonds. The average molecular weight is 215 g/mol. The summed E-state index contributed by atoms with van der Waals surface area (Å²) >= 11 is 8.33. The highest BCUT2D eigenvalue weighted by Crippen LogP contribution is 2.58. The predicted octanol–water partition coefficient (Wildman–Crippen LogP) is 4.44. The zero-order valence-corrected chi connectivity index (χ0v) is 9.93. The van der Waals surface area contributed by atoms with Crippen LogP contribution in [0.25, 0.3) is 0 Å². The second-order valence-electron chi connectivity index (χ2n) is 4.39. The summed E-state index contributed by atoms with van der Waals surface area (Å²) in [6, 6.07) is 2.25. The van der Waals surface area contributed by atoms with Crippen LogP contribution >= 0.6 is 22.9 Å². The molecule has 1 aliphatic rings. The van der Waals surface area contributed by atoms with Gasteiger partial charge in [0.25, 0.3) is 0 Å². The summed E-state index contributed by atoms with van der Waals surface area (Å²) in [4.78, 5) is 2.77. The van der Waals surface area contributed by atoms with Gasteiger partial charge in [-0.2, -0.15) is 0 Å². The Kier molecular flexibility index (Phi) is 2.20. The van der Waals surface area contributed by atoms with Crippen LogP contribution in [-0.2, 0) is 0 Å². The number of alkyl halides is 1. The molecule has 2 heteroatoms. The van der Waals surface area contributed by atoms with Gasteiger partial charge in [-0.15, -0.1) is 22.9 Å². The van der Waals surface area contributed by atoms with Crippen molar-refractivity contribution in [2.75, 3.05) is 0 Å². The highest BCUT2D eigenvalue weighted by Gasteiger charge is 2.45. The second-order valence-corrected chi connectivity index (χ2v) is 6.28. The van der Waals surface area contributed by atoms with Gasteiger partial charge < -0.3 is 0 Å². The van der Waals surface area contributed by atoms with Crippen molar-refractivity contribution in [1.82, 2.24) is 0 Å². The largest absolute Gasteiger partial charge is 0.146 e. The van der Waals surface area contributed by atoms with Crippen molar-refractivity contribution >= 4 is 22.9 Å². The van der Waals surface area contributed by atoms with Gasteiger partial charge in [0, 0.05) is 9.75 Å². The van der Waals surface area contributed by atoms with E-state index in [9.17, 15) is 0 Å². The fourth-order valence-electron chi connectivity index (χ4n) is 1.73. The molecule has 0 aliphatic heterocycles. The van der Waals surface area contributed by atoms with Crippen molar-refractivity contribution in [2.45, 2.75) is 39.0 Å². The molecule has 0 radical (unpaired) electrons. The van der Waals surface area contributed by atoms with E-state index in [1.54, 1.807) is 0 Å². The zero-order chi connectivity index (χ0) is 9.64. The van der Waals surface area contributed by atoms with Gasteiger partial charge in [-0.05, 0) is 43.7 Å². The maximum Gasteiger partial charge on any atom is 0.0649 e. The van der Waals surface area contributed by atoms with Crippen LogP contribution in [0.15, 0.2) is 6.07 Å². The van der Waals surface area contributed by atoms with Crippen LogP contribution in [0.1, 0.15) is 40.5 Å². The fourth-order valence-corrected chi connectivity index (χ4v) is 3.20. The maximum atomic E-state index is 6.47. The van der Waals surface area contributed by atoms with Gasteiger partial charge in [-0.3, -0.25) is 0 Å². The van der Waals surface area contributed by atoms with Crippen molar-refractivity contribution in [3.8, 4) is 0 Å². The van der Waals surface area contributed by atoms with E-state index in [-0.39, 0.29) is 5.38 Å². The molecule has 1 saturated carbocycles. The Morgan fingerprint density at radius 3 is 2.46 bits per heavy atom. The molecule has 0 spiro atoms. The first-order valence-corrected chi connectivity index (χ1v) is 5.99. The summed E-state index contributed by atoms with van der Waals surface area (Å²) in [6.45, 7) is 6.62. The number of thiophene rings is 1. The number of hydrogen-bond donors (Lipinski definition) is 0. The molecule has 1 aromatic heterocycles. The molecular formula is C11H15ClS. The van der Waals surface area contributed by atoms with Crippen LogP contribution in [0.5, 0.6) is 0 Å². The topological polar surface area (TPSA) is 0 Å². The third kappa shape index (κ3) is 1.64. The lowest BCUT2D eigenvalue weighted by atomic mass is 9.98. The lowest BCUT2D eigenvalue weighted by Crippen LogP contribution is -2.03. The van der Waals surface area contributed by atoms with Crippen LogP contribution in [0.4, 0.5) is 0 Å². The molecule has 0 bridgehead atoms. The molecule has 13 heavy (non-hydrogen) atoms. The minimum Gasteiger partial charge on any atom is -0.146 e. The minimum absolute atomic E-state index is 0.234. The quantitative estimate of drug-likeness (QED) is 0.639. The van der Waals surface area contributed by atoms with Gasteiger partial charge in [-0.25, -0.2) is 0 Å². The van der Waals surface area contributed by atoms with E-state index in [1.807, 2.05) is 11.3 Å². The standard InChI is InChI=1S/C11H15ClS/c1-7-6-9(8(2)13-7)10(12)11(3)4-5-11/h6,10H,4-5H2,1-3H3. The SMILES string of the molecule is Cc1cc(C(Cl)C2(C)CC2)c(C)s1. The van der Waals surface area contributed by atoms with E-state index in [4.69, 9.17) is 11.6 Å². The van der Waals surface area contributed by atoms with Crippen molar-refractivity contribution in [3.63, 3.8) is 0 Å². The Labute approximate surface area is 88.9 Å². The summed E-state index contributed by atoms with van der Waals surface area (Å²) in [5.41, 5.74) is 1.75. The Morgan fingerprint density at radius 1 is 1.46 bits per heavy atom. The average Bonchev–Trinajstić information content (AvgIpc) is 2.71. The molecule has 72 valence electrons. The summed E-state index contributed by atoms with van der Waals surface area (Å²) in [5.74, 6) is 0. The van der Waals surface area contributed by atoms with Crippen LogP contribution in [0.2, 0.25) is 0 Å². The molecule has 1 aromatic rings. The van der Waals surface area contributed by atoms with Crippen LogP contribution in [0, 0.1) is 19.3 Å². The molecule has 2 rings (SSSR count). The Hall–Kier alpha value is -0.0100. The highest BCUT2D eigenvalue weighted by atomic mass is 35.5. The first kappa shape index (κ1) is 9.54. The van der Waals surface area contributed by atoms with Gasteiger partial charge in [0.1, 0.15) is 0 Å². The van der Waals surface area contributed by atoms with Crippen molar-refractivity contribution in [1.29, 1.82) is 0 Å². The molecule has 1 aliphatic carbocycles. The van der Waals surface area contributed by atoms with Crippen molar-refractivity contribution in [3.05, 3.63) is 21.4 Å². The smallest absolute Gasteiger partial charge is 0.0649 e. The number of rotatable bonds is 2. The number of aryl methyl sites for hydroxylation is 2. The fraction of sp³-hybridized carbons (Fsp3) is 0.636. The first-order chi connectivity index (χ1) is 6.03. The minimum atomic E-state index is 0.234. The van der Waals surface area contributed by atoms with Gasteiger partial charge in [-0.1, -0.05) is 6.92 Å².